The van der Waals surface area contributed by atoms with Gasteiger partial charge in [0.2, 0.25) is 0 Å². The average Bonchev–Trinajstić information content (AvgIpc) is 2.62. The summed E-state index contributed by atoms with van der Waals surface area (Å²) >= 11 is 6.20. The summed E-state index contributed by atoms with van der Waals surface area (Å²) in [4.78, 5) is 14.9. The van der Waals surface area contributed by atoms with Gasteiger partial charge < -0.3 is 14.1 Å². The molecule has 0 spiro atoms. The molecule has 0 atom stereocenters. The fourth-order valence-electron chi connectivity index (χ4n) is 3.17. The first kappa shape index (κ1) is 15.1. The van der Waals surface area contributed by atoms with Crippen LogP contribution in [-0.4, -0.2) is 13.7 Å². The Balaban J connectivity index is 1.78. The van der Waals surface area contributed by atoms with Crippen molar-refractivity contribution in [3.63, 3.8) is 0 Å². The molecule has 0 saturated heterocycles. The Morgan fingerprint density at radius 2 is 2.04 bits per heavy atom. The van der Waals surface area contributed by atoms with E-state index in [0.717, 1.165) is 23.5 Å². The SMILES string of the molecule is COc1cccc(N2CCc3c(oc4c(Cl)cccc4c3=O)C2)c1. The van der Waals surface area contributed by atoms with Gasteiger partial charge in [0.05, 0.1) is 24.1 Å². The van der Waals surface area contributed by atoms with Gasteiger partial charge >= 0.3 is 0 Å². The number of benzene rings is 2. The molecule has 0 N–H and O–H groups in total. The summed E-state index contributed by atoms with van der Waals surface area (Å²) in [5.74, 6) is 1.50. The molecule has 3 aromatic rings. The first-order valence-corrected chi connectivity index (χ1v) is 8.17. The Morgan fingerprint density at radius 3 is 2.88 bits per heavy atom. The number of nitrogens with zero attached hydrogens (tertiary/aromatic N) is 1. The van der Waals surface area contributed by atoms with Crippen molar-refractivity contribution >= 4 is 28.3 Å². The van der Waals surface area contributed by atoms with E-state index in [4.69, 9.17) is 20.8 Å². The van der Waals surface area contributed by atoms with Gasteiger partial charge in [0.25, 0.3) is 0 Å². The van der Waals surface area contributed by atoms with Crippen molar-refractivity contribution in [2.75, 3.05) is 18.6 Å². The van der Waals surface area contributed by atoms with E-state index in [0.29, 0.717) is 34.7 Å². The van der Waals surface area contributed by atoms with Crippen molar-refractivity contribution in [2.45, 2.75) is 13.0 Å². The standard InChI is InChI=1S/C19H16ClNO3/c1-23-13-5-2-4-12(10-13)21-9-8-14-17(11-21)24-19-15(18(14)22)6-3-7-16(19)20/h2-7,10H,8-9,11H2,1H3. The highest BCUT2D eigenvalue weighted by molar-refractivity contribution is 6.34. The minimum absolute atomic E-state index is 0.0269. The summed E-state index contributed by atoms with van der Waals surface area (Å²) in [7, 11) is 1.65. The highest BCUT2D eigenvalue weighted by atomic mass is 35.5. The van der Waals surface area contributed by atoms with E-state index < -0.39 is 0 Å². The quantitative estimate of drug-likeness (QED) is 0.706. The summed E-state index contributed by atoms with van der Waals surface area (Å²) in [6.07, 6.45) is 0.650. The lowest BCUT2D eigenvalue weighted by Gasteiger charge is -2.29. The van der Waals surface area contributed by atoms with Crippen molar-refractivity contribution in [1.82, 2.24) is 0 Å². The van der Waals surface area contributed by atoms with E-state index in [-0.39, 0.29) is 5.43 Å². The Kier molecular flexibility index (Phi) is 3.69. The minimum atomic E-state index is 0.0269. The third-order valence-corrected chi connectivity index (χ3v) is 4.73. The predicted molar refractivity (Wildman–Crippen MR) is 95.2 cm³/mol. The molecule has 0 saturated carbocycles. The van der Waals surface area contributed by atoms with Crippen LogP contribution >= 0.6 is 11.6 Å². The molecule has 0 bridgehead atoms. The van der Waals surface area contributed by atoms with Crippen LogP contribution in [0.15, 0.2) is 51.7 Å². The Hall–Kier alpha value is -2.46. The van der Waals surface area contributed by atoms with Crippen LogP contribution in [0.1, 0.15) is 11.3 Å². The van der Waals surface area contributed by atoms with Crippen molar-refractivity contribution in [2.24, 2.45) is 0 Å². The fraction of sp³-hybridized carbons (Fsp3) is 0.211. The molecule has 24 heavy (non-hydrogen) atoms. The number of anilines is 1. The van der Waals surface area contributed by atoms with Crippen LogP contribution in [-0.2, 0) is 13.0 Å². The van der Waals surface area contributed by atoms with E-state index in [2.05, 4.69) is 4.90 Å². The Bertz CT molecular complexity index is 980. The van der Waals surface area contributed by atoms with Crippen LogP contribution in [0.4, 0.5) is 5.69 Å². The molecule has 0 unspecified atom stereocenters. The summed E-state index contributed by atoms with van der Waals surface area (Å²) in [6.45, 7) is 1.30. The number of para-hydroxylation sites is 1. The van der Waals surface area contributed by atoms with Gasteiger partial charge in [0.1, 0.15) is 11.5 Å². The number of rotatable bonds is 2. The van der Waals surface area contributed by atoms with Crippen LogP contribution in [0, 0.1) is 0 Å². The second-order valence-corrected chi connectivity index (χ2v) is 6.23. The Labute approximate surface area is 144 Å². The number of hydrogen-bond donors (Lipinski definition) is 0. The highest BCUT2D eigenvalue weighted by Gasteiger charge is 2.23. The van der Waals surface area contributed by atoms with E-state index in [1.807, 2.05) is 24.3 Å². The van der Waals surface area contributed by atoms with Crippen LogP contribution in [0.2, 0.25) is 5.02 Å². The molecule has 5 heteroatoms. The van der Waals surface area contributed by atoms with E-state index in [1.165, 1.54) is 0 Å². The van der Waals surface area contributed by atoms with Gasteiger partial charge in [-0.15, -0.1) is 0 Å². The van der Waals surface area contributed by atoms with Gasteiger partial charge in [-0.1, -0.05) is 23.7 Å². The number of fused-ring (bicyclic) bond motifs is 2. The molecule has 1 aliphatic heterocycles. The van der Waals surface area contributed by atoms with Gasteiger partial charge in [-0.25, -0.2) is 0 Å². The fourth-order valence-corrected chi connectivity index (χ4v) is 3.39. The molecular weight excluding hydrogens is 326 g/mol. The normalized spacial score (nSPS) is 13.8. The first-order chi connectivity index (χ1) is 11.7. The van der Waals surface area contributed by atoms with Crippen molar-refractivity contribution in [3.05, 3.63) is 69.0 Å². The smallest absolute Gasteiger partial charge is 0.196 e. The topological polar surface area (TPSA) is 42.7 Å². The molecule has 0 amide bonds. The maximum Gasteiger partial charge on any atom is 0.196 e. The van der Waals surface area contributed by atoms with Crippen molar-refractivity contribution in [1.29, 1.82) is 0 Å². The highest BCUT2D eigenvalue weighted by Crippen LogP contribution is 2.29. The largest absolute Gasteiger partial charge is 0.497 e. The van der Waals surface area contributed by atoms with Crippen LogP contribution in [0.5, 0.6) is 5.75 Å². The van der Waals surface area contributed by atoms with Gasteiger partial charge in [-0.05, 0) is 30.7 Å². The van der Waals surface area contributed by atoms with E-state index >= 15 is 0 Å². The minimum Gasteiger partial charge on any atom is -0.497 e. The Morgan fingerprint density at radius 1 is 1.21 bits per heavy atom. The van der Waals surface area contributed by atoms with Crippen LogP contribution in [0.25, 0.3) is 11.0 Å². The molecule has 1 aromatic heterocycles. The summed E-state index contributed by atoms with van der Waals surface area (Å²) in [6, 6.07) is 13.2. The number of halogens is 1. The van der Waals surface area contributed by atoms with Crippen molar-refractivity contribution in [3.8, 4) is 5.75 Å². The van der Waals surface area contributed by atoms with Gasteiger partial charge in [0.15, 0.2) is 11.0 Å². The molecule has 1 aliphatic rings. The zero-order valence-corrected chi connectivity index (χ0v) is 14.0. The molecule has 122 valence electrons. The molecule has 4 rings (SSSR count). The first-order valence-electron chi connectivity index (χ1n) is 7.79. The lowest BCUT2D eigenvalue weighted by molar-refractivity contribution is 0.414. The summed E-state index contributed by atoms with van der Waals surface area (Å²) in [5, 5.41) is 1.02. The molecule has 0 fully saturated rings. The van der Waals surface area contributed by atoms with Gasteiger partial charge in [0, 0.05) is 23.9 Å². The third kappa shape index (κ3) is 2.43. The van der Waals surface area contributed by atoms with Crippen LogP contribution in [0.3, 0.4) is 0 Å². The molecule has 4 nitrogen and oxygen atoms in total. The monoisotopic (exact) mass is 341 g/mol. The molecule has 0 radical (unpaired) electrons. The maximum absolute atomic E-state index is 12.7. The second kappa shape index (κ2) is 5.87. The molecular formula is C19H16ClNO3. The lowest BCUT2D eigenvalue weighted by Crippen LogP contribution is -2.33. The predicted octanol–water partition coefficient (Wildman–Crippen LogP) is 4.02. The maximum atomic E-state index is 12.7. The molecule has 2 aromatic carbocycles. The lowest BCUT2D eigenvalue weighted by atomic mass is 10.0. The van der Waals surface area contributed by atoms with E-state index in [1.54, 1.807) is 25.3 Å². The number of hydrogen-bond acceptors (Lipinski definition) is 4. The second-order valence-electron chi connectivity index (χ2n) is 5.82. The van der Waals surface area contributed by atoms with Gasteiger partial charge in [-0.3, -0.25) is 4.79 Å². The van der Waals surface area contributed by atoms with Gasteiger partial charge in [-0.2, -0.15) is 0 Å². The summed E-state index contributed by atoms with van der Waals surface area (Å²) in [5.41, 5.74) is 2.29. The zero-order valence-electron chi connectivity index (χ0n) is 13.2. The number of ether oxygens (including phenoxy) is 1. The van der Waals surface area contributed by atoms with Crippen molar-refractivity contribution < 1.29 is 9.15 Å². The molecule has 2 heterocycles. The zero-order chi connectivity index (χ0) is 16.7. The molecule has 0 aliphatic carbocycles. The summed E-state index contributed by atoms with van der Waals surface area (Å²) < 4.78 is 11.3. The number of methoxy groups -OCH3 is 1. The average molecular weight is 342 g/mol. The van der Waals surface area contributed by atoms with Crippen LogP contribution < -0.4 is 15.1 Å². The third-order valence-electron chi connectivity index (χ3n) is 4.43. The van der Waals surface area contributed by atoms with E-state index in [9.17, 15) is 4.79 Å².